The van der Waals surface area contributed by atoms with Crippen molar-refractivity contribution < 1.29 is 14.7 Å². The van der Waals surface area contributed by atoms with Gasteiger partial charge in [0.1, 0.15) is 5.69 Å². The number of aliphatic carboxylic acids is 1. The minimum absolute atomic E-state index is 0.0875. The number of hydrogen-bond acceptors (Lipinski definition) is 3. The van der Waals surface area contributed by atoms with Gasteiger partial charge in [0.25, 0.3) is 5.91 Å². The highest BCUT2D eigenvalue weighted by molar-refractivity contribution is 5.93. The van der Waals surface area contributed by atoms with Crippen LogP contribution in [-0.4, -0.2) is 27.5 Å². The second-order valence-electron chi connectivity index (χ2n) is 4.94. The minimum atomic E-state index is -0.927. The molecule has 6 heteroatoms. The Kier molecular flexibility index (Phi) is 3.69. The first kappa shape index (κ1) is 13.3. The minimum Gasteiger partial charge on any atom is -0.481 e. The number of H-pyrrole nitrogens is 1. The van der Waals surface area contributed by atoms with Crippen LogP contribution in [0.25, 0.3) is 0 Å². The number of carboxylic acids is 1. The van der Waals surface area contributed by atoms with Gasteiger partial charge in [-0.2, -0.15) is 0 Å². The molecule has 6 nitrogen and oxygen atoms in total. The molecule has 0 saturated heterocycles. The summed E-state index contributed by atoms with van der Waals surface area (Å²) < 4.78 is 0. The van der Waals surface area contributed by atoms with Crippen LogP contribution in [0.4, 0.5) is 0 Å². The Hall–Kier alpha value is -2.11. The van der Waals surface area contributed by atoms with Gasteiger partial charge < -0.3 is 15.4 Å². The van der Waals surface area contributed by atoms with E-state index in [1.54, 1.807) is 0 Å². The van der Waals surface area contributed by atoms with Crippen LogP contribution in [0.3, 0.4) is 0 Å². The molecule has 0 unspecified atom stereocenters. The average Bonchev–Trinajstić information content (AvgIpc) is 2.76. The molecule has 1 aromatic heterocycles. The summed E-state index contributed by atoms with van der Waals surface area (Å²) in [4.78, 5) is 36.6. The zero-order valence-corrected chi connectivity index (χ0v) is 10.4. The number of carbonyl (C=O) groups excluding carboxylic acids is 1. The van der Waals surface area contributed by atoms with Gasteiger partial charge in [-0.1, -0.05) is 18.9 Å². The first-order valence-electron chi connectivity index (χ1n) is 6.24. The number of amides is 1. The highest BCUT2D eigenvalue weighted by atomic mass is 16.4. The maximum absolute atomic E-state index is 12.1. The topological polar surface area (TPSA) is 99.3 Å². The lowest BCUT2D eigenvalue weighted by atomic mass is 9.93. The van der Waals surface area contributed by atoms with Crippen molar-refractivity contribution in [3.8, 4) is 0 Å². The third-order valence-corrected chi connectivity index (χ3v) is 3.44. The zero-order chi connectivity index (χ0) is 13.9. The van der Waals surface area contributed by atoms with Crippen LogP contribution >= 0.6 is 0 Å². The first-order chi connectivity index (χ1) is 9.01. The number of carboxylic acid groups (broad SMARTS) is 1. The van der Waals surface area contributed by atoms with E-state index >= 15 is 0 Å². The van der Waals surface area contributed by atoms with Gasteiger partial charge in [-0.05, 0) is 18.9 Å². The fraction of sp³-hybridized carbons (Fsp3) is 0.462. The summed E-state index contributed by atoms with van der Waals surface area (Å²) in [5.74, 6) is -1.36. The molecule has 1 aliphatic rings. The van der Waals surface area contributed by atoms with Crippen LogP contribution in [0.5, 0.6) is 0 Å². The molecule has 19 heavy (non-hydrogen) atoms. The van der Waals surface area contributed by atoms with Crippen LogP contribution in [0.15, 0.2) is 23.0 Å². The fourth-order valence-electron chi connectivity index (χ4n) is 2.58. The van der Waals surface area contributed by atoms with Crippen molar-refractivity contribution in [2.24, 2.45) is 0 Å². The highest BCUT2D eigenvalue weighted by Gasteiger charge is 2.37. The predicted molar refractivity (Wildman–Crippen MR) is 68.0 cm³/mol. The summed E-state index contributed by atoms with van der Waals surface area (Å²) in [6.07, 6.45) is 3.03. The number of aromatic amines is 1. The predicted octanol–water partition coefficient (Wildman–Crippen LogP) is 0.892. The first-order valence-corrected chi connectivity index (χ1v) is 6.24. The molecule has 1 amide bonds. The molecule has 0 bridgehead atoms. The SMILES string of the molecule is O=C(O)CC1(NC(=O)c2cccc(=O)[nH]2)CCCC1. The van der Waals surface area contributed by atoms with E-state index in [1.165, 1.54) is 18.2 Å². The van der Waals surface area contributed by atoms with Crippen molar-refractivity contribution in [2.75, 3.05) is 0 Å². The number of nitrogens with one attached hydrogen (secondary N) is 2. The third-order valence-electron chi connectivity index (χ3n) is 3.44. The molecule has 0 aliphatic heterocycles. The van der Waals surface area contributed by atoms with E-state index < -0.39 is 17.4 Å². The van der Waals surface area contributed by atoms with Crippen LogP contribution < -0.4 is 10.9 Å². The molecular weight excluding hydrogens is 248 g/mol. The summed E-state index contributed by atoms with van der Waals surface area (Å²) in [5, 5.41) is 11.7. The monoisotopic (exact) mass is 264 g/mol. The molecule has 1 heterocycles. The number of hydrogen-bond donors (Lipinski definition) is 3. The quantitative estimate of drug-likeness (QED) is 0.752. The lowest BCUT2D eigenvalue weighted by Gasteiger charge is -2.28. The molecule has 1 saturated carbocycles. The second-order valence-corrected chi connectivity index (χ2v) is 4.94. The summed E-state index contributed by atoms with van der Waals surface area (Å²) in [6, 6.07) is 4.31. The summed E-state index contributed by atoms with van der Waals surface area (Å²) in [7, 11) is 0. The van der Waals surface area contributed by atoms with Crippen molar-refractivity contribution in [3.05, 3.63) is 34.2 Å². The summed E-state index contributed by atoms with van der Waals surface area (Å²) in [5.41, 5.74) is -0.883. The lowest BCUT2D eigenvalue weighted by Crippen LogP contribution is -2.48. The van der Waals surface area contributed by atoms with Gasteiger partial charge in [0.2, 0.25) is 5.56 Å². The summed E-state index contributed by atoms with van der Waals surface area (Å²) >= 11 is 0. The molecule has 2 rings (SSSR count). The zero-order valence-electron chi connectivity index (χ0n) is 10.4. The van der Waals surface area contributed by atoms with Crippen LogP contribution in [0, 0.1) is 0 Å². The van der Waals surface area contributed by atoms with Crippen LogP contribution in [-0.2, 0) is 4.79 Å². The highest BCUT2D eigenvalue weighted by Crippen LogP contribution is 2.32. The van der Waals surface area contributed by atoms with Crippen molar-refractivity contribution in [3.63, 3.8) is 0 Å². The molecule has 1 fully saturated rings. The van der Waals surface area contributed by atoms with E-state index in [4.69, 9.17) is 5.11 Å². The Balaban J connectivity index is 2.15. The smallest absolute Gasteiger partial charge is 0.305 e. The van der Waals surface area contributed by atoms with Crippen molar-refractivity contribution in [2.45, 2.75) is 37.6 Å². The molecule has 0 radical (unpaired) electrons. The van der Waals surface area contributed by atoms with Crippen molar-refractivity contribution >= 4 is 11.9 Å². The molecule has 0 aromatic carbocycles. The molecule has 102 valence electrons. The Bertz CT molecular complexity index is 544. The van der Waals surface area contributed by atoms with E-state index in [1.807, 2.05) is 0 Å². The average molecular weight is 264 g/mol. The third kappa shape index (κ3) is 3.21. The van der Waals surface area contributed by atoms with Crippen molar-refractivity contribution in [1.82, 2.24) is 10.3 Å². The van der Waals surface area contributed by atoms with Gasteiger partial charge in [0.15, 0.2) is 0 Å². The van der Waals surface area contributed by atoms with Crippen LogP contribution in [0.1, 0.15) is 42.6 Å². The maximum Gasteiger partial charge on any atom is 0.305 e. The van der Waals surface area contributed by atoms with Gasteiger partial charge in [-0.15, -0.1) is 0 Å². The largest absolute Gasteiger partial charge is 0.481 e. The Labute approximate surface area is 109 Å². The van der Waals surface area contributed by atoms with Crippen LogP contribution in [0.2, 0.25) is 0 Å². The molecule has 1 aromatic rings. The van der Waals surface area contributed by atoms with E-state index in [0.29, 0.717) is 12.8 Å². The Morgan fingerprint density at radius 3 is 2.58 bits per heavy atom. The van der Waals surface area contributed by atoms with E-state index in [-0.39, 0.29) is 17.7 Å². The molecule has 0 spiro atoms. The van der Waals surface area contributed by atoms with E-state index in [9.17, 15) is 14.4 Å². The molecule has 0 atom stereocenters. The number of carbonyl (C=O) groups is 2. The van der Waals surface area contributed by atoms with E-state index in [0.717, 1.165) is 12.8 Å². The van der Waals surface area contributed by atoms with Gasteiger partial charge in [-0.3, -0.25) is 14.4 Å². The summed E-state index contributed by atoms with van der Waals surface area (Å²) in [6.45, 7) is 0. The second kappa shape index (κ2) is 5.26. The normalized spacial score (nSPS) is 17.1. The molecular formula is C13H16N2O4. The Morgan fingerprint density at radius 1 is 1.32 bits per heavy atom. The lowest BCUT2D eigenvalue weighted by molar-refractivity contribution is -0.138. The maximum atomic E-state index is 12.1. The van der Waals surface area contributed by atoms with Gasteiger partial charge in [-0.25, -0.2) is 0 Å². The van der Waals surface area contributed by atoms with Gasteiger partial charge in [0, 0.05) is 6.07 Å². The van der Waals surface area contributed by atoms with Gasteiger partial charge >= 0.3 is 5.97 Å². The number of rotatable bonds is 4. The van der Waals surface area contributed by atoms with Crippen molar-refractivity contribution in [1.29, 1.82) is 0 Å². The Morgan fingerprint density at radius 2 is 2.00 bits per heavy atom. The van der Waals surface area contributed by atoms with E-state index in [2.05, 4.69) is 10.3 Å². The number of aromatic nitrogens is 1. The molecule has 3 N–H and O–H groups in total. The van der Waals surface area contributed by atoms with Gasteiger partial charge in [0.05, 0.1) is 12.0 Å². The number of pyridine rings is 1. The fourth-order valence-corrected chi connectivity index (χ4v) is 2.58. The molecule has 1 aliphatic carbocycles. The standard InChI is InChI=1S/C13H16N2O4/c16-10-5-3-4-9(14-10)12(19)15-13(8-11(17)18)6-1-2-7-13/h3-5H,1-2,6-8H2,(H,14,16)(H,15,19)(H,17,18).